The Labute approximate surface area is 91.6 Å². The van der Waals surface area contributed by atoms with E-state index in [2.05, 4.69) is 0 Å². The first-order valence-corrected chi connectivity index (χ1v) is 5.58. The summed E-state index contributed by atoms with van der Waals surface area (Å²) in [5.41, 5.74) is -0.468. The maximum absolute atomic E-state index is 11.8. The molecule has 0 radical (unpaired) electrons. The van der Waals surface area contributed by atoms with Crippen LogP contribution in [0.2, 0.25) is 0 Å². The largest absolute Gasteiger partial charge is 0.396 e. The number of aliphatic hydroxyl groups excluding tert-OH is 1. The first-order valence-electron chi connectivity index (χ1n) is 5.05. The fraction of sp³-hybridized carbons (Fsp3) is 0.909. The van der Waals surface area contributed by atoms with Gasteiger partial charge in [-0.05, 0) is 11.8 Å². The van der Waals surface area contributed by atoms with Crippen LogP contribution in [-0.4, -0.2) is 23.4 Å². The van der Waals surface area contributed by atoms with Gasteiger partial charge < -0.3 is 5.11 Å². The molecule has 0 amide bonds. The van der Waals surface area contributed by atoms with E-state index in [0.29, 0.717) is 18.2 Å². The number of aliphatic hydroxyl groups is 1. The lowest BCUT2D eigenvalue weighted by atomic mass is 9.82. The summed E-state index contributed by atoms with van der Waals surface area (Å²) in [6.45, 7) is 7.79. The van der Waals surface area contributed by atoms with Crippen molar-refractivity contribution < 1.29 is 9.90 Å². The van der Waals surface area contributed by atoms with Crippen molar-refractivity contribution >= 4 is 17.4 Å². The highest BCUT2D eigenvalue weighted by Gasteiger charge is 2.29. The number of carbonyl (C=O) groups is 1. The van der Waals surface area contributed by atoms with E-state index in [1.807, 2.05) is 27.7 Å². The van der Waals surface area contributed by atoms with Gasteiger partial charge in [0, 0.05) is 24.3 Å². The third-order valence-electron chi connectivity index (χ3n) is 2.71. The quantitative estimate of drug-likeness (QED) is 0.699. The molecule has 0 aliphatic heterocycles. The number of ketones is 1. The maximum Gasteiger partial charge on any atom is 0.140 e. The number of alkyl halides is 1. The van der Waals surface area contributed by atoms with Crippen LogP contribution in [0.5, 0.6) is 0 Å². The summed E-state index contributed by atoms with van der Waals surface area (Å²) in [7, 11) is 0. The summed E-state index contributed by atoms with van der Waals surface area (Å²) in [6.07, 6.45) is 0.424. The van der Waals surface area contributed by atoms with Crippen molar-refractivity contribution in [3.63, 3.8) is 0 Å². The van der Waals surface area contributed by atoms with Crippen molar-refractivity contribution in [3.8, 4) is 0 Å². The third kappa shape index (κ3) is 3.97. The predicted molar refractivity (Wildman–Crippen MR) is 59.5 cm³/mol. The van der Waals surface area contributed by atoms with Crippen molar-refractivity contribution in [3.05, 3.63) is 0 Å². The van der Waals surface area contributed by atoms with E-state index in [1.165, 1.54) is 0 Å². The van der Waals surface area contributed by atoms with E-state index in [0.717, 1.165) is 0 Å². The normalized spacial score (nSPS) is 14.5. The zero-order valence-corrected chi connectivity index (χ0v) is 10.3. The van der Waals surface area contributed by atoms with Crippen LogP contribution >= 0.6 is 11.6 Å². The summed E-state index contributed by atoms with van der Waals surface area (Å²) < 4.78 is 0. The molecule has 84 valence electrons. The SMILES string of the molecule is CC(C)[C@@H](CO)CC(=O)C(C)(C)CCl. The van der Waals surface area contributed by atoms with Gasteiger partial charge in [-0.15, -0.1) is 11.6 Å². The third-order valence-corrected chi connectivity index (χ3v) is 3.38. The monoisotopic (exact) mass is 220 g/mol. The average molecular weight is 221 g/mol. The molecule has 0 saturated carbocycles. The van der Waals surface area contributed by atoms with Crippen molar-refractivity contribution in [2.75, 3.05) is 12.5 Å². The maximum atomic E-state index is 11.8. The number of rotatable bonds is 6. The molecule has 3 heteroatoms. The zero-order valence-electron chi connectivity index (χ0n) is 9.51. The molecule has 0 bridgehead atoms. The minimum absolute atomic E-state index is 0.0602. The molecule has 0 unspecified atom stereocenters. The molecule has 0 saturated heterocycles. The first kappa shape index (κ1) is 13.9. The molecule has 0 rings (SSSR count). The summed E-state index contributed by atoms with van der Waals surface area (Å²) >= 11 is 5.71. The fourth-order valence-corrected chi connectivity index (χ4v) is 1.25. The van der Waals surface area contributed by atoms with Gasteiger partial charge in [0.05, 0.1) is 0 Å². The molecule has 0 aromatic carbocycles. The second kappa shape index (κ2) is 5.72. The average Bonchev–Trinajstić information content (AvgIpc) is 2.12. The predicted octanol–water partition coefficient (Wildman–Crippen LogP) is 2.48. The molecule has 0 aromatic heterocycles. The Kier molecular flexibility index (Phi) is 5.68. The molecule has 1 atom stereocenters. The number of hydrogen-bond donors (Lipinski definition) is 1. The summed E-state index contributed by atoms with van der Waals surface area (Å²) in [6, 6.07) is 0. The minimum atomic E-state index is -0.468. The standard InChI is InChI=1S/C11H21ClO2/c1-8(2)9(6-13)5-10(14)11(3,4)7-12/h8-9,13H,5-7H2,1-4H3/t9-/m1/s1. The highest BCUT2D eigenvalue weighted by molar-refractivity contribution is 6.19. The van der Waals surface area contributed by atoms with Gasteiger partial charge in [-0.25, -0.2) is 0 Å². The smallest absolute Gasteiger partial charge is 0.140 e. The Hall–Kier alpha value is -0.0800. The number of halogens is 1. The molecule has 0 aliphatic rings. The van der Waals surface area contributed by atoms with E-state index in [-0.39, 0.29) is 18.3 Å². The number of carbonyl (C=O) groups excluding carboxylic acids is 1. The molecule has 0 spiro atoms. The first-order chi connectivity index (χ1) is 6.35. The van der Waals surface area contributed by atoms with Crippen molar-refractivity contribution in [2.24, 2.45) is 17.3 Å². The van der Waals surface area contributed by atoms with Gasteiger partial charge in [-0.1, -0.05) is 27.7 Å². The molecule has 1 N–H and O–H groups in total. The van der Waals surface area contributed by atoms with Crippen molar-refractivity contribution in [2.45, 2.75) is 34.1 Å². The van der Waals surface area contributed by atoms with Gasteiger partial charge in [-0.3, -0.25) is 4.79 Å². The molecule has 0 aromatic rings. The van der Waals surface area contributed by atoms with Crippen LogP contribution in [-0.2, 0) is 4.79 Å². The minimum Gasteiger partial charge on any atom is -0.396 e. The Morgan fingerprint density at radius 1 is 1.43 bits per heavy atom. The molecular weight excluding hydrogens is 200 g/mol. The lowest BCUT2D eigenvalue weighted by molar-refractivity contribution is -0.127. The van der Waals surface area contributed by atoms with Gasteiger partial charge in [0.2, 0.25) is 0 Å². The Morgan fingerprint density at radius 3 is 2.21 bits per heavy atom. The van der Waals surface area contributed by atoms with Crippen molar-refractivity contribution in [1.29, 1.82) is 0 Å². The Morgan fingerprint density at radius 2 is 1.93 bits per heavy atom. The van der Waals surface area contributed by atoms with Crippen LogP contribution in [0.4, 0.5) is 0 Å². The molecule has 0 heterocycles. The fourth-order valence-electron chi connectivity index (χ4n) is 1.10. The van der Waals surface area contributed by atoms with Gasteiger partial charge in [0.25, 0.3) is 0 Å². The van der Waals surface area contributed by atoms with Crippen LogP contribution in [0.15, 0.2) is 0 Å². The highest BCUT2D eigenvalue weighted by atomic mass is 35.5. The van der Waals surface area contributed by atoms with Gasteiger partial charge in [0.15, 0.2) is 0 Å². The second-order valence-electron chi connectivity index (χ2n) is 4.83. The lowest BCUT2D eigenvalue weighted by Gasteiger charge is -2.24. The highest BCUT2D eigenvalue weighted by Crippen LogP contribution is 2.25. The van der Waals surface area contributed by atoms with E-state index < -0.39 is 5.41 Å². The molecule has 2 nitrogen and oxygen atoms in total. The topological polar surface area (TPSA) is 37.3 Å². The lowest BCUT2D eigenvalue weighted by Crippen LogP contribution is -2.30. The molecular formula is C11H21ClO2. The zero-order chi connectivity index (χ0) is 11.4. The summed E-state index contributed by atoms with van der Waals surface area (Å²) in [4.78, 5) is 11.8. The second-order valence-corrected chi connectivity index (χ2v) is 5.10. The van der Waals surface area contributed by atoms with Crippen LogP contribution in [0.3, 0.4) is 0 Å². The number of Topliss-reactive ketones (excluding diaryl/α,β-unsaturated/α-hetero) is 1. The number of hydrogen-bond acceptors (Lipinski definition) is 2. The van der Waals surface area contributed by atoms with Crippen molar-refractivity contribution in [1.82, 2.24) is 0 Å². The van der Waals surface area contributed by atoms with E-state index in [1.54, 1.807) is 0 Å². The summed E-state index contributed by atoms with van der Waals surface area (Å²) in [5.74, 6) is 0.863. The van der Waals surface area contributed by atoms with Gasteiger partial charge >= 0.3 is 0 Å². The van der Waals surface area contributed by atoms with Crippen LogP contribution < -0.4 is 0 Å². The molecule has 14 heavy (non-hydrogen) atoms. The van der Waals surface area contributed by atoms with Crippen LogP contribution in [0.1, 0.15) is 34.1 Å². The van der Waals surface area contributed by atoms with Crippen LogP contribution in [0.25, 0.3) is 0 Å². The summed E-state index contributed by atoms with van der Waals surface area (Å²) in [5, 5.41) is 9.10. The van der Waals surface area contributed by atoms with E-state index >= 15 is 0 Å². The van der Waals surface area contributed by atoms with Gasteiger partial charge in [0.1, 0.15) is 5.78 Å². The Bertz CT molecular complexity index is 188. The van der Waals surface area contributed by atoms with E-state index in [9.17, 15) is 4.79 Å². The van der Waals surface area contributed by atoms with Crippen LogP contribution in [0, 0.1) is 17.3 Å². The Balaban J connectivity index is 4.30. The molecule has 0 fully saturated rings. The van der Waals surface area contributed by atoms with Gasteiger partial charge in [-0.2, -0.15) is 0 Å². The molecule has 0 aliphatic carbocycles. The van der Waals surface area contributed by atoms with E-state index in [4.69, 9.17) is 16.7 Å².